The van der Waals surface area contributed by atoms with E-state index in [0.29, 0.717) is 17.1 Å². The number of carboxylic acids is 1. The summed E-state index contributed by atoms with van der Waals surface area (Å²) in [5.74, 6) is -1.21. The van der Waals surface area contributed by atoms with Crippen molar-refractivity contribution in [2.24, 2.45) is 0 Å². The molecule has 3 rings (SSSR count). The van der Waals surface area contributed by atoms with Crippen LogP contribution in [0.4, 0.5) is 13.2 Å². The summed E-state index contributed by atoms with van der Waals surface area (Å²) in [6.45, 7) is 0. The summed E-state index contributed by atoms with van der Waals surface area (Å²) in [5, 5.41) is 11.6. The highest BCUT2D eigenvalue weighted by Crippen LogP contribution is 2.32. The Balaban J connectivity index is 1.73. The molecule has 0 atom stereocenters. The number of amides is 1. The van der Waals surface area contributed by atoms with Gasteiger partial charge in [-0.2, -0.15) is 13.2 Å². The number of hydrogen-bond donors (Lipinski definition) is 2. The predicted molar refractivity (Wildman–Crippen MR) is 120 cm³/mol. The maximum atomic E-state index is 13.1. The Kier molecular flexibility index (Phi) is 7.55. The molecule has 3 aromatic rings. The van der Waals surface area contributed by atoms with Crippen LogP contribution in [-0.2, 0) is 22.2 Å². The van der Waals surface area contributed by atoms with E-state index in [1.54, 1.807) is 30.3 Å². The molecule has 0 aliphatic heterocycles. The average molecular weight is 520 g/mol. The van der Waals surface area contributed by atoms with Gasteiger partial charge in [-0.1, -0.05) is 42.5 Å². The van der Waals surface area contributed by atoms with Gasteiger partial charge in [0.15, 0.2) is 0 Å². The maximum Gasteiger partial charge on any atom is 0.416 e. The Morgan fingerprint density at radius 3 is 2.24 bits per heavy atom. The van der Waals surface area contributed by atoms with Gasteiger partial charge in [0.1, 0.15) is 17.2 Å². The van der Waals surface area contributed by atoms with Crippen molar-refractivity contribution in [1.29, 1.82) is 0 Å². The molecule has 0 radical (unpaired) electrons. The normalized spacial score (nSPS) is 11.7. The second kappa shape index (κ2) is 10.4. The first kappa shape index (κ1) is 24.1. The van der Waals surface area contributed by atoms with Crippen molar-refractivity contribution < 1.29 is 32.6 Å². The third kappa shape index (κ3) is 6.69. The quantitative estimate of drug-likeness (QED) is 0.373. The van der Waals surface area contributed by atoms with Crippen LogP contribution >= 0.6 is 15.9 Å². The van der Waals surface area contributed by atoms with E-state index in [9.17, 15) is 27.9 Å². The van der Waals surface area contributed by atoms with Crippen LogP contribution in [0.1, 0.15) is 16.7 Å². The lowest BCUT2D eigenvalue weighted by atomic mass is 10.0. The lowest BCUT2D eigenvalue weighted by Crippen LogP contribution is -2.29. The van der Waals surface area contributed by atoms with Crippen LogP contribution in [-0.4, -0.2) is 17.0 Å². The Morgan fingerprint density at radius 2 is 1.61 bits per heavy atom. The molecule has 0 bridgehead atoms. The zero-order chi connectivity index (χ0) is 24.0. The first-order chi connectivity index (χ1) is 15.6. The van der Waals surface area contributed by atoms with Gasteiger partial charge >= 0.3 is 12.1 Å². The minimum atomic E-state index is -4.62. The zero-order valence-electron chi connectivity index (χ0n) is 16.9. The summed E-state index contributed by atoms with van der Waals surface area (Å²) in [5.41, 5.74) is -1.21. The first-order valence-corrected chi connectivity index (χ1v) is 10.3. The fourth-order valence-corrected chi connectivity index (χ4v) is 3.29. The number of alkyl halides is 3. The van der Waals surface area contributed by atoms with Gasteiger partial charge in [-0.05, 0) is 63.5 Å². The third-order valence-corrected chi connectivity index (χ3v) is 5.09. The molecule has 5 nitrogen and oxygen atoms in total. The Morgan fingerprint density at radius 1 is 0.970 bits per heavy atom. The molecular weight excluding hydrogens is 503 g/mol. The molecule has 0 aliphatic carbocycles. The number of hydrogen-bond acceptors (Lipinski definition) is 3. The molecule has 2 N–H and O–H groups in total. The number of aliphatic carboxylic acids is 1. The molecule has 0 aliphatic rings. The fourth-order valence-electron chi connectivity index (χ4n) is 2.92. The van der Waals surface area contributed by atoms with Crippen molar-refractivity contribution in [3.8, 4) is 11.5 Å². The van der Waals surface area contributed by atoms with Gasteiger partial charge in [0.2, 0.25) is 5.91 Å². The van der Waals surface area contributed by atoms with E-state index >= 15 is 0 Å². The number of para-hydroxylation sites is 1. The smallest absolute Gasteiger partial charge is 0.416 e. The standard InChI is InChI=1S/C24H17BrF3NO4/c25-19-7-3-4-8-21(19)33-17-11-9-15(10-12-17)13-20(23(31)32)29-22(30)14-16-5-1-2-6-18(16)24(26,27)28/h1-13H,14H2,(H,29,30)(H,31,32)/b20-13-. The van der Waals surface area contributed by atoms with Crippen molar-refractivity contribution in [2.45, 2.75) is 12.6 Å². The lowest BCUT2D eigenvalue weighted by molar-refractivity contribution is -0.138. The molecule has 1 amide bonds. The second-order valence-electron chi connectivity index (χ2n) is 6.84. The van der Waals surface area contributed by atoms with Gasteiger partial charge in [-0.25, -0.2) is 4.79 Å². The minimum Gasteiger partial charge on any atom is -0.477 e. The largest absolute Gasteiger partial charge is 0.477 e. The summed E-state index contributed by atoms with van der Waals surface area (Å²) in [4.78, 5) is 23.8. The number of halogens is 4. The fraction of sp³-hybridized carbons (Fsp3) is 0.0833. The van der Waals surface area contributed by atoms with Gasteiger partial charge in [0.05, 0.1) is 16.5 Å². The Labute approximate surface area is 195 Å². The summed E-state index contributed by atoms with van der Waals surface area (Å²) >= 11 is 3.38. The molecule has 0 aromatic heterocycles. The van der Waals surface area contributed by atoms with E-state index in [0.717, 1.165) is 10.5 Å². The number of benzene rings is 3. The highest BCUT2D eigenvalue weighted by molar-refractivity contribution is 9.10. The molecule has 0 fully saturated rings. The molecule has 33 heavy (non-hydrogen) atoms. The van der Waals surface area contributed by atoms with Gasteiger partial charge in [0.25, 0.3) is 0 Å². The molecular formula is C24H17BrF3NO4. The van der Waals surface area contributed by atoms with Crippen molar-refractivity contribution in [3.63, 3.8) is 0 Å². The van der Waals surface area contributed by atoms with Gasteiger partial charge in [0, 0.05) is 0 Å². The second-order valence-corrected chi connectivity index (χ2v) is 7.70. The van der Waals surface area contributed by atoms with Crippen molar-refractivity contribution in [2.75, 3.05) is 0 Å². The van der Waals surface area contributed by atoms with E-state index in [1.807, 2.05) is 18.2 Å². The van der Waals surface area contributed by atoms with Crippen molar-refractivity contribution in [1.82, 2.24) is 5.32 Å². The topological polar surface area (TPSA) is 75.6 Å². The molecule has 0 spiro atoms. The van der Waals surface area contributed by atoms with Crippen molar-refractivity contribution in [3.05, 3.63) is 99.7 Å². The molecule has 0 saturated carbocycles. The number of carbonyl (C=O) groups excluding carboxylic acids is 1. The number of nitrogens with one attached hydrogen (secondary N) is 1. The van der Waals surface area contributed by atoms with Crippen LogP contribution in [0.3, 0.4) is 0 Å². The summed E-state index contributed by atoms with van der Waals surface area (Å²) in [7, 11) is 0. The first-order valence-electron chi connectivity index (χ1n) is 9.56. The summed E-state index contributed by atoms with van der Waals surface area (Å²) in [6, 6.07) is 18.3. The van der Waals surface area contributed by atoms with E-state index in [2.05, 4.69) is 21.2 Å². The highest BCUT2D eigenvalue weighted by Gasteiger charge is 2.33. The zero-order valence-corrected chi connectivity index (χ0v) is 18.5. The van der Waals surface area contributed by atoms with Gasteiger partial charge in [-0.3, -0.25) is 4.79 Å². The number of carbonyl (C=O) groups is 2. The summed E-state index contributed by atoms with van der Waals surface area (Å²) < 4.78 is 45.9. The molecule has 0 heterocycles. The number of rotatable bonds is 7. The maximum absolute atomic E-state index is 13.1. The van der Waals surface area contributed by atoms with Crippen LogP contribution < -0.4 is 10.1 Å². The van der Waals surface area contributed by atoms with Crippen molar-refractivity contribution >= 4 is 33.9 Å². The van der Waals surface area contributed by atoms with Crippen LogP contribution in [0.15, 0.2) is 83.0 Å². The van der Waals surface area contributed by atoms with Crippen LogP contribution in [0.25, 0.3) is 6.08 Å². The van der Waals surface area contributed by atoms with Crippen LogP contribution in [0.5, 0.6) is 11.5 Å². The van der Waals surface area contributed by atoms with E-state index < -0.39 is 35.7 Å². The number of carboxylic acid groups (broad SMARTS) is 1. The lowest BCUT2D eigenvalue weighted by Gasteiger charge is -2.13. The average Bonchev–Trinajstić information content (AvgIpc) is 2.75. The third-order valence-electron chi connectivity index (χ3n) is 4.43. The minimum absolute atomic E-state index is 0.249. The van der Waals surface area contributed by atoms with E-state index in [-0.39, 0.29) is 5.56 Å². The van der Waals surface area contributed by atoms with Gasteiger partial charge in [-0.15, -0.1) is 0 Å². The molecule has 0 saturated heterocycles. The Hall–Kier alpha value is -3.59. The SMILES string of the molecule is O=C(Cc1ccccc1C(F)(F)F)N/C(=C\c1ccc(Oc2ccccc2Br)cc1)C(=O)O. The number of ether oxygens (including phenoxy) is 1. The Bertz CT molecular complexity index is 1190. The van der Waals surface area contributed by atoms with Gasteiger partial charge < -0.3 is 15.2 Å². The molecule has 3 aromatic carbocycles. The monoisotopic (exact) mass is 519 g/mol. The molecule has 9 heteroatoms. The van der Waals surface area contributed by atoms with E-state index in [1.165, 1.54) is 24.3 Å². The van der Waals surface area contributed by atoms with E-state index in [4.69, 9.17) is 4.74 Å². The van der Waals surface area contributed by atoms with Crippen LogP contribution in [0, 0.1) is 0 Å². The highest BCUT2D eigenvalue weighted by atomic mass is 79.9. The summed E-state index contributed by atoms with van der Waals surface area (Å²) in [6.07, 6.45) is -4.04. The molecule has 170 valence electrons. The predicted octanol–water partition coefficient (Wildman–Crippen LogP) is 6.04. The molecule has 0 unspecified atom stereocenters. The van der Waals surface area contributed by atoms with Crippen LogP contribution in [0.2, 0.25) is 0 Å².